The average molecular weight is 347 g/mol. The van der Waals surface area contributed by atoms with E-state index < -0.39 is 11.7 Å². The van der Waals surface area contributed by atoms with Crippen molar-refractivity contribution in [1.82, 2.24) is 10.2 Å². The largest absolute Gasteiger partial charge is 0.413 e. The molecule has 0 unspecified atom stereocenters. The Morgan fingerprint density at radius 3 is 2.56 bits per heavy atom. The van der Waals surface area contributed by atoms with Gasteiger partial charge >= 0.3 is 6.18 Å². The molecule has 1 aromatic heterocycles. The normalized spacial score (nSPS) is 17.0. The second-order valence-electron chi connectivity index (χ2n) is 6.59. The Kier molecular flexibility index (Phi) is 4.31. The third kappa shape index (κ3) is 3.52. The topological polar surface area (TPSA) is 41.0 Å². The molecular formula is C19H20F3N3. The number of hydrogen-bond acceptors (Lipinski definition) is 2. The summed E-state index contributed by atoms with van der Waals surface area (Å²) in [5.74, 6) is 0.306. The Balaban J connectivity index is 2.17. The third-order valence-corrected chi connectivity index (χ3v) is 4.56. The smallest absolute Gasteiger partial charge is 0.278 e. The number of halogens is 3. The molecule has 2 aromatic rings. The minimum Gasteiger partial charge on any atom is -0.278 e. The molecule has 0 radical (unpaired) electrons. The van der Waals surface area contributed by atoms with Gasteiger partial charge in [-0.25, -0.2) is 0 Å². The van der Waals surface area contributed by atoms with Gasteiger partial charge in [-0.05, 0) is 56.9 Å². The number of H-pyrrole nitrogens is 1. The van der Waals surface area contributed by atoms with Crippen molar-refractivity contribution in [2.24, 2.45) is 10.9 Å². The molecule has 3 nitrogen and oxygen atoms in total. The van der Waals surface area contributed by atoms with Crippen LogP contribution in [-0.2, 0) is 0 Å². The van der Waals surface area contributed by atoms with Gasteiger partial charge in [-0.2, -0.15) is 18.3 Å². The van der Waals surface area contributed by atoms with Crippen molar-refractivity contribution in [1.29, 1.82) is 0 Å². The first-order valence-electron chi connectivity index (χ1n) is 8.15. The van der Waals surface area contributed by atoms with E-state index in [1.54, 1.807) is 25.3 Å². The fourth-order valence-electron chi connectivity index (χ4n) is 3.00. The summed E-state index contributed by atoms with van der Waals surface area (Å²) in [6, 6.07) is 3.46. The first-order chi connectivity index (χ1) is 11.7. The van der Waals surface area contributed by atoms with Crippen molar-refractivity contribution in [3.8, 4) is 0 Å². The summed E-state index contributed by atoms with van der Waals surface area (Å²) in [5, 5.41) is 7.61. The van der Waals surface area contributed by atoms with Crippen molar-refractivity contribution in [2.75, 3.05) is 0 Å². The van der Waals surface area contributed by atoms with E-state index in [1.165, 1.54) is 0 Å². The van der Waals surface area contributed by atoms with Crippen LogP contribution in [0.15, 0.2) is 41.2 Å². The number of rotatable bonds is 4. The molecule has 1 aromatic carbocycles. The molecule has 132 valence electrons. The van der Waals surface area contributed by atoms with E-state index in [2.05, 4.69) is 21.8 Å². The standard InChI is InChI=1S/C19H20F3N3/c1-10-7-15(8-16-9-23-25-18(10)16)17(11(2)19(20,21)22)13(4)24-12(3)14-5-6-14/h7-9,14H,3,5-6H2,1-2,4H3,(H,23,25)/b17-11-,24-13?. The van der Waals surface area contributed by atoms with Gasteiger partial charge in [0.25, 0.3) is 0 Å². The van der Waals surface area contributed by atoms with Crippen LogP contribution in [0.2, 0.25) is 0 Å². The Bertz CT molecular complexity index is 896. The van der Waals surface area contributed by atoms with Gasteiger partial charge in [-0.3, -0.25) is 10.1 Å². The monoisotopic (exact) mass is 347 g/mol. The van der Waals surface area contributed by atoms with E-state index >= 15 is 0 Å². The van der Waals surface area contributed by atoms with Gasteiger partial charge in [0.15, 0.2) is 0 Å². The molecule has 0 spiro atoms. The van der Waals surface area contributed by atoms with Crippen molar-refractivity contribution in [3.05, 3.63) is 47.3 Å². The summed E-state index contributed by atoms with van der Waals surface area (Å²) in [6.45, 7) is 8.47. The van der Waals surface area contributed by atoms with Crippen LogP contribution in [0.25, 0.3) is 16.5 Å². The predicted octanol–water partition coefficient (Wildman–Crippen LogP) is 5.59. The highest BCUT2D eigenvalue weighted by molar-refractivity contribution is 6.24. The Hall–Kier alpha value is -2.37. The number of alkyl halides is 3. The Morgan fingerprint density at radius 1 is 1.28 bits per heavy atom. The van der Waals surface area contributed by atoms with Crippen molar-refractivity contribution >= 4 is 22.2 Å². The van der Waals surface area contributed by atoms with Crippen LogP contribution in [0.3, 0.4) is 0 Å². The molecule has 1 aliphatic rings. The minimum atomic E-state index is -4.42. The first-order valence-corrected chi connectivity index (χ1v) is 8.15. The van der Waals surface area contributed by atoms with Gasteiger partial charge in [-0.1, -0.05) is 6.58 Å². The summed E-state index contributed by atoms with van der Waals surface area (Å²) < 4.78 is 40.4. The molecule has 6 heteroatoms. The quantitative estimate of drug-likeness (QED) is 0.720. The number of hydrogen-bond donors (Lipinski definition) is 1. The number of aryl methyl sites for hydroxylation is 1. The van der Waals surface area contributed by atoms with E-state index in [4.69, 9.17) is 0 Å². The molecule has 0 saturated heterocycles. The summed E-state index contributed by atoms with van der Waals surface area (Å²) in [6.07, 6.45) is -0.797. The molecule has 1 saturated carbocycles. The number of aliphatic imine (C=N–C) groups is 1. The van der Waals surface area contributed by atoms with Gasteiger partial charge in [0.05, 0.1) is 11.7 Å². The van der Waals surface area contributed by atoms with Crippen LogP contribution in [-0.4, -0.2) is 22.1 Å². The lowest BCUT2D eigenvalue weighted by Gasteiger charge is -2.16. The number of allylic oxidation sites excluding steroid dienone is 3. The molecule has 3 rings (SSSR count). The molecule has 1 fully saturated rings. The van der Waals surface area contributed by atoms with Gasteiger partial charge < -0.3 is 0 Å². The second-order valence-corrected chi connectivity index (χ2v) is 6.59. The lowest BCUT2D eigenvalue weighted by molar-refractivity contribution is -0.0905. The van der Waals surface area contributed by atoms with Crippen LogP contribution in [0.5, 0.6) is 0 Å². The van der Waals surface area contributed by atoms with E-state index in [0.29, 0.717) is 22.9 Å². The molecule has 0 atom stereocenters. The fourth-order valence-corrected chi connectivity index (χ4v) is 3.00. The lowest BCUT2D eigenvalue weighted by atomic mass is 9.94. The fraction of sp³-hybridized carbons (Fsp3) is 0.368. The van der Waals surface area contributed by atoms with Gasteiger partial charge in [-0.15, -0.1) is 0 Å². The van der Waals surface area contributed by atoms with Crippen LogP contribution in [0, 0.1) is 12.8 Å². The van der Waals surface area contributed by atoms with E-state index in [-0.39, 0.29) is 5.57 Å². The molecule has 0 amide bonds. The van der Waals surface area contributed by atoms with Gasteiger partial charge in [0, 0.05) is 33.9 Å². The van der Waals surface area contributed by atoms with Crippen molar-refractivity contribution < 1.29 is 13.2 Å². The van der Waals surface area contributed by atoms with Crippen LogP contribution in [0.1, 0.15) is 37.8 Å². The van der Waals surface area contributed by atoms with E-state index in [0.717, 1.165) is 36.2 Å². The Morgan fingerprint density at radius 2 is 1.96 bits per heavy atom. The molecule has 0 aliphatic heterocycles. The maximum atomic E-state index is 13.5. The highest BCUT2D eigenvalue weighted by Gasteiger charge is 2.34. The zero-order chi connectivity index (χ0) is 18.4. The summed E-state index contributed by atoms with van der Waals surface area (Å²) in [7, 11) is 0. The second kappa shape index (κ2) is 6.17. The van der Waals surface area contributed by atoms with Crippen molar-refractivity contribution in [2.45, 2.75) is 39.8 Å². The number of nitrogens with one attached hydrogen (secondary N) is 1. The Labute approximate surface area is 144 Å². The third-order valence-electron chi connectivity index (χ3n) is 4.56. The highest BCUT2D eigenvalue weighted by Crippen LogP contribution is 2.38. The van der Waals surface area contributed by atoms with Gasteiger partial charge in [0.2, 0.25) is 0 Å². The summed E-state index contributed by atoms with van der Waals surface area (Å²) >= 11 is 0. The summed E-state index contributed by atoms with van der Waals surface area (Å²) in [4.78, 5) is 4.39. The predicted molar refractivity (Wildman–Crippen MR) is 94.5 cm³/mol. The molecule has 1 aliphatic carbocycles. The van der Waals surface area contributed by atoms with Crippen molar-refractivity contribution in [3.63, 3.8) is 0 Å². The lowest BCUT2D eigenvalue weighted by Crippen LogP contribution is -2.15. The molecular weight excluding hydrogens is 327 g/mol. The van der Waals surface area contributed by atoms with Crippen LogP contribution >= 0.6 is 0 Å². The highest BCUT2D eigenvalue weighted by atomic mass is 19.4. The minimum absolute atomic E-state index is 0.112. The number of nitrogens with zero attached hydrogens (tertiary/aromatic N) is 2. The maximum absolute atomic E-state index is 13.5. The van der Waals surface area contributed by atoms with Crippen LogP contribution < -0.4 is 0 Å². The molecule has 1 heterocycles. The van der Waals surface area contributed by atoms with E-state index in [9.17, 15) is 13.2 Å². The summed E-state index contributed by atoms with van der Waals surface area (Å²) in [5.41, 5.74) is 2.61. The molecule has 0 bridgehead atoms. The number of aromatic amines is 1. The maximum Gasteiger partial charge on any atom is 0.413 e. The number of benzene rings is 1. The molecule has 1 N–H and O–H groups in total. The van der Waals surface area contributed by atoms with Crippen LogP contribution in [0.4, 0.5) is 13.2 Å². The first kappa shape index (κ1) is 17.5. The van der Waals surface area contributed by atoms with Gasteiger partial charge in [0.1, 0.15) is 0 Å². The number of aromatic nitrogens is 2. The molecule has 25 heavy (non-hydrogen) atoms. The zero-order valence-corrected chi connectivity index (χ0v) is 14.5. The average Bonchev–Trinajstić information content (AvgIpc) is 3.25. The SMILES string of the molecule is C=C(N=C(C)/C(=C(\C)C(F)(F)F)c1cc(C)c2[nH]ncc2c1)C1CC1. The number of fused-ring (bicyclic) bond motifs is 1. The zero-order valence-electron chi connectivity index (χ0n) is 14.5. The van der Waals surface area contributed by atoms with E-state index in [1.807, 2.05) is 6.92 Å².